The molecule has 2 aliphatic heterocycles. The minimum atomic E-state index is -2.67. The Kier molecular flexibility index (Phi) is 10.6. The maximum absolute atomic E-state index is 14.3. The average Bonchev–Trinajstić information content (AvgIpc) is 3.63. The molecule has 3 aliphatic rings. The van der Waals surface area contributed by atoms with E-state index < -0.39 is 11.7 Å². The molecule has 2 saturated heterocycles. The number of nitrogens with zero attached hydrogens (tertiary/aromatic N) is 6. The first-order valence-corrected chi connectivity index (χ1v) is 15.0. The van der Waals surface area contributed by atoms with Gasteiger partial charge < -0.3 is 14.2 Å². The molecule has 0 amide bonds. The number of fused-ring (bicyclic) bond motifs is 1. The van der Waals surface area contributed by atoms with E-state index in [4.69, 9.17) is 22.2 Å². The Labute approximate surface area is 250 Å². The number of nitrogen functional groups attached to an aromatic ring is 1. The van der Waals surface area contributed by atoms with Crippen molar-refractivity contribution in [2.75, 3.05) is 43.2 Å². The number of hydrogen-bond donors (Lipinski definition) is 2. The number of rotatable bonds is 5. The Balaban J connectivity index is 0.000000516. The van der Waals surface area contributed by atoms with Crippen molar-refractivity contribution in [2.45, 2.75) is 71.4 Å². The van der Waals surface area contributed by atoms with Crippen LogP contribution in [0.4, 0.5) is 24.9 Å². The summed E-state index contributed by atoms with van der Waals surface area (Å²) in [6.45, 7) is 11.7. The number of nitrogens with two attached hydrogens (primary N) is 1. The Morgan fingerprint density at radius 1 is 1.12 bits per heavy atom. The molecular weight excluding hydrogens is 569 g/mol. The van der Waals surface area contributed by atoms with Gasteiger partial charge in [-0.2, -0.15) is 9.97 Å². The van der Waals surface area contributed by atoms with E-state index in [1.807, 2.05) is 32.4 Å². The van der Waals surface area contributed by atoms with Gasteiger partial charge in [0.2, 0.25) is 11.9 Å². The summed E-state index contributed by atoms with van der Waals surface area (Å²) in [5.41, 5.74) is 4.55. The molecule has 0 radical (unpaired) electrons. The molecule has 13 heteroatoms. The van der Waals surface area contributed by atoms with Gasteiger partial charge in [-0.05, 0) is 50.3 Å². The Hall–Kier alpha value is -2.67. The quantitative estimate of drug-likeness (QED) is 0.273. The third-order valence-electron chi connectivity index (χ3n) is 8.06. The molecule has 3 N–H and O–H groups in total. The molecule has 3 fully saturated rings. The van der Waals surface area contributed by atoms with Crippen molar-refractivity contribution in [3.8, 4) is 0 Å². The molecule has 2 atom stereocenters. The van der Waals surface area contributed by atoms with E-state index in [0.717, 1.165) is 19.0 Å². The van der Waals surface area contributed by atoms with Gasteiger partial charge in [-0.15, -0.1) is 0 Å². The predicted octanol–water partition coefficient (Wildman–Crippen LogP) is 5.87. The standard InChI is InChI=1S/C23H28ClF3N8.C4H8O.C2H6/c1-12-11-34(19(15-9-23(26,27)10-15)14-4-5-16(24)17(25)8-14)6-7-35(12)21-18-20(30-22(31-21)32-28)33(3)13(2)29-18;1-2-4-5-3-1;1-2/h4-5,8,12,15,19H,6-7,9-11,28H2,1-3H3,(H,30,31,32);1-4H2;1-2H3. The second-order valence-corrected chi connectivity index (χ2v) is 11.3. The molecule has 0 bridgehead atoms. The van der Waals surface area contributed by atoms with Gasteiger partial charge in [0, 0.05) is 64.8 Å². The Bertz CT molecular complexity index is 1340. The van der Waals surface area contributed by atoms with Crippen molar-refractivity contribution in [1.82, 2.24) is 24.4 Å². The van der Waals surface area contributed by atoms with E-state index in [-0.39, 0.29) is 41.8 Å². The number of ether oxygens (including phenoxy) is 1. The van der Waals surface area contributed by atoms with Gasteiger partial charge in [0.15, 0.2) is 17.0 Å². The largest absolute Gasteiger partial charge is 0.381 e. The number of imidazole rings is 1. The molecule has 1 aliphatic carbocycles. The van der Waals surface area contributed by atoms with Crippen LogP contribution in [0, 0.1) is 18.7 Å². The molecule has 232 valence electrons. The van der Waals surface area contributed by atoms with Gasteiger partial charge in [-0.25, -0.2) is 24.0 Å². The lowest BCUT2D eigenvalue weighted by Gasteiger charge is -2.49. The molecule has 2 aromatic heterocycles. The number of anilines is 2. The normalized spacial score (nSPS) is 21.2. The highest BCUT2D eigenvalue weighted by molar-refractivity contribution is 6.30. The molecule has 1 aromatic carbocycles. The molecule has 6 rings (SSSR count). The van der Waals surface area contributed by atoms with E-state index in [2.05, 4.69) is 37.1 Å². The fraction of sp³-hybridized carbons (Fsp3) is 0.621. The zero-order valence-electron chi connectivity index (χ0n) is 25.0. The Morgan fingerprint density at radius 3 is 2.36 bits per heavy atom. The second kappa shape index (κ2) is 13.7. The van der Waals surface area contributed by atoms with Crippen LogP contribution in [0.2, 0.25) is 5.02 Å². The van der Waals surface area contributed by atoms with Crippen LogP contribution in [0.5, 0.6) is 0 Å². The van der Waals surface area contributed by atoms with Gasteiger partial charge in [0.1, 0.15) is 11.6 Å². The highest BCUT2D eigenvalue weighted by Crippen LogP contribution is 2.51. The summed E-state index contributed by atoms with van der Waals surface area (Å²) in [5.74, 6) is 3.91. The number of benzene rings is 1. The van der Waals surface area contributed by atoms with Crippen LogP contribution in [0.15, 0.2) is 18.2 Å². The van der Waals surface area contributed by atoms with Crippen molar-refractivity contribution in [1.29, 1.82) is 0 Å². The molecule has 42 heavy (non-hydrogen) atoms. The van der Waals surface area contributed by atoms with Gasteiger partial charge >= 0.3 is 0 Å². The lowest BCUT2D eigenvalue weighted by molar-refractivity contribution is -0.133. The summed E-state index contributed by atoms with van der Waals surface area (Å²) in [7, 11) is 1.88. The SMILES string of the molecule is C1CCOC1.CC.Cc1nc2c(N3CCN(C(c4ccc(Cl)c(F)c4)C4CC(F)(F)C4)CC3C)nc(NN)nc2n1C. The lowest BCUT2D eigenvalue weighted by Crippen LogP contribution is -2.56. The maximum atomic E-state index is 14.3. The van der Waals surface area contributed by atoms with Crippen LogP contribution in [0.3, 0.4) is 0 Å². The molecule has 3 aromatic rings. The van der Waals surface area contributed by atoms with Crippen molar-refractivity contribution < 1.29 is 17.9 Å². The van der Waals surface area contributed by atoms with Crippen molar-refractivity contribution in [3.63, 3.8) is 0 Å². The summed E-state index contributed by atoms with van der Waals surface area (Å²) < 4.78 is 48.8. The minimum Gasteiger partial charge on any atom is -0.381 e. The van der Waals surface area contributed by atoms with Gasteiger partial charge in [-0.1, -0.05) is 31.5 Å². The van der Waals surface area contributed by atoms with Crippen molar-refractivity contribution in [2.24, 2.45) is 18.8 Å². The van der Waals surface area contributed by atoms with Crippen molar-refractivity contribution in [3.05, 3.63) is 40.4 Å². The predicted molar refractivity (Wildman–Crippen MR) is 160 cm³/mol. The molecule has 2 unspecified atom stereocenters. The third-order valence-corrected chi connectivity index (χ3v) is 8.36. The van der Waals surface area contributed by atoms with Crippen molar-refractivity contribution >= 4 is 34.5 Å². The van der Waals surface area contributed by atoms with Gasteiger partial charge in [0.05, 0.1) is 5.02 Å². The smallest absolute Gasteiger partial charge is 0.248 e. The summed E-state index contributed by atoms with van der Waals surface area (Å²) in [5, 5.41) is 0.0207. The van der Waals surface area contributed by atoms with Crippen LogP contribution in [0.1, 0.15) is 63.9 Å². The first-order valence-electron chi connectivity index (χ1n) is 14.7. The monoisotopic (exact) mass is 610 g/mol. The summed E-state index contributed by atoms with van der Waals surface area (Å²) in [4.78, 5) is 18.0. The first-order chi connectivity index (χ1) is 20.1. The number of hydrazine groups is 1. The van der Waals surface area contributed by atoms with E-state index >= 15 is 0 Å². The maximum Gasteiger partial charge on any atom is 0.248 e. The van der Waals surface area contributed by atoms with Crippen LogP contribution in [-0.4, -0.2) is 69.2 Å². The number of nitrogens with one attached hydrogen (secondary N) is 1. The zero-order valence-corrected chi connectivity index (χ0v) is 25.8. The number of halogens is 4. The van der Waals surface area contributed by atoms with Gasteiger partial charge in [0.25, 0.3) is 0 Å². The van der Waals surface area contributed by atoms with E-state index in [1.165, 1.54) is 25.0 Å². The van der Waals surface area contributed by atoms with Gasteiger partial charge in [-0.3, -0.25) is 10.3 Å². The second-order valence-electron chi connectivity index (χ2n) is 10.9. The number of piperazine rings is 1. The van der Waals surface area contributed by atoms with Crippen LogP contribution >= 0.6 is 11.6 Å². The highest BCUT2D eigenvalue weighted by Gasteiger charge is 2.50. The van der Waals surface area contributed by atoms with E-state index in [1.54, 1.807) is 6.07 Å². The molecular formula is C29H42ClF3N8O. The number of alkyl halides is 2. The molecule has 4 heterocycles. The summed E-state index contributed by atoms with van der Waals surface area (Å²) in [6.07, 6.45) is 2.14. The Morgan fingerprint density at radius 2 is 1.81 bits per heavy atom. The first kappa shape index (κ1) is 32.2. The highest BCUT2D eigenvalue weighted by atomic mass is 35.5. The van der Waals surface area contributed by atoms with Crippen LogP contribution in [-0.2, 0) is 11.8 Å². The molecule has 0 spiro atoms. The van der Waals surface area contributed by atoms with E-state index in [0.29, 0.717) is 42.2 Å². The number of hydrogen-bond acceptors (Lipinski definition) is 8. The number of aromatic nitrogens is 4. The molecule has 1 saturated carbocycles. The average molecular weight is 611 g/mol. The lowest BCUT2D eigenvalue weighted by atomic mass is 9.73. The molecule has 9 nitrogen and oxygen atoms in total. The zero-order chi connectivity index (χ0) is 30.6. The topological polar surface area (TPSA) is 97.4 Å². The summed E-state index contributed by atoms with van der Waals surface area (Å²) in [6, 6.07) is 4.28. The minimum absolute atomic E-state index is 0.0185. The van der Waals surface area contributed by atoms with Crippen LogP contribution < -0.4 is 16.2 Å². The fourth-order valence-electron chi connectivity index (χ4n) is 5.89. The third kappa shape index (κ3) is 6.93. The van der Waals surface area contributed by atoms with E-state index in [9.17, 15) is 13.2 Å². The summed E-state index contributed by atoms with van der Waals surface area (Å²) >= 11 is 5.89. The fourth-order valence-corrected chi connectivity index (χ4v) is 6.01. The van der Waals surface area contributed by atoms with Crippen LogP contribution in [0.25, 0.3) is 11.2 Å². The number of aryl methyl sites for hydroxylation is 2.